The largest absolute Gasteiger partial charge is 0.467 e. The molecule has 1 aromatic heterocycles. The first-order valence-electron chi connectivity index (χ1n) is 8.56. The Balaban J connectivity index is 1.51. The first kappa shape index (κ1) is 16.3. The number of hydrogen-bond donors (Lipinski definition) is 1. The number of morpholine rings is 1. The van der Waals surface area contributed by atoms with Gasteiger partial charge in [-0.1, -0.05) is 0 Å². The Morgan fingerprint density at radius 2 is 2.13 bits per heavy atom. The van der Waals surface area contributed by atoms with Crippen molar-refractivity contribution in [3.63, 3.8) is 0 Å². The highest BCUT2D eigenvalue weighted by atomic mass is 16.5. The van der Waals surface area contributed by atoms with Gasteiger partial charge in [0.2, 0.25) is 0 Å². The molecule has 1 N–H and O–H groups in total. The summed E-state index contributed by atoms with van der Waals surface area (Å²) in [6, 6.07) is 4.02. The molecule has 0 radical (unpaired) electrons. The molecule has 3 rings (SSSR count). The van der Waals surface area contributed by atoms with E-state index in [0.717, 1.165) is 44.8 Å². The van der Waals surface area contributed by atoms with E-state index in [1.54, 1.807) is 6.26 Å². The van der Waals surface area contributed by atoms with Crippen molar-refractivity contribution in [1.29, 1.82) is 0 Å². The molecule has 2 aliphatic rings. The van der Waals surface area contributed by atoms with Gasteiger partial charge in [0, 0.05) is 32.2 Å². The molecule has 3 atom stereocenters. The van der Waals surface area contributed by atoms with Gasteiger partial charge in [-0.05, 0) is 38.8 Å². The fraction of sp³-hybridized carbons (Fsp3) is 0.706. The molecule has 128 valence electrons. The average molecular weight is 321 g/mol. The predicted octanol–water partition coefficient (Wildman–Crippen LogP) is 2.06. The minimum atomic E-state index is 0.0123. The third kappa shape index (κ3) is 4.26. The number of furan rings is 1. The number of rotatable bonds is 4. The van der Waals surface area contributed by atoms with Crippen LogP contribution in [0.25, 0.3) is 0 Å². The van der Waals surface area contributed by atoms with Crippen LogP contribution >= 0.6 is 0 Å². The predicted molar refractivity (Wildman–Crippen MR) is 87.1 cm³/mol. The van der Waals surface area contributed by atoms with Gasteiger partial charge in [-0.25, -0.2) is 4.79 Å². The molecular formula is C17H27N3O3. The number of likely N-dealkylation sites (tertiary alicyclic amines) is 1. The molecule has 0 unspecified atom stereocenters. The van der Waals surface area contributed by atoms with E-state index in [9.17, 15) is 4.79 Å². The lowest BCUT2D eigenvalue weighted by Crippen LogP contribution is -2.52. The van der Waals surface area contributed by atoms with Gasteiger partial charge >= 0.3 is 6.03 Å². The van der Waals surface area contributed by atoms with Crippen molar-refractivity contribution >= 4 is 6.03 Å². The fourth-order valence-electron chi connectivity index (χ4n) is 3.70. The topological polar surface area (TPSA) is 58.0 Å². The molecule has 2 aliphatic heterocycles. The van der Waals surface area contributed by atoms with Crippen molar-refractivity contribution in [3.8, 4) is 0 Å². The Labute approximate surface area is 137 Å². The van der Waals surface area contributed by atoms with Gasteiger partial charge in [0.25, 0.3) is 0 Å². The quantitative estimate of drug-likeness (QED) is 0.922. The number of carbonyl (C=O) groups is 1. The van der Waals surface area contributed by atoms with Crippen LogP contribution in [0.2, 0.25) is 0 Å². The first-order valence-corrected chi connectivity index (χ1v) is 8.56. The maximum absolute atomic E-state index is 12.5. The molecule has 0 bridgehead atoms. The monoisotopic (exact) mass is 321 g/mol. The van der Waals surface area contributed by atoms with Crippen LogP contribution in [-0.2, 0) is 11.3 Å². The summed E-state index contributed by atoms with van der Waals surface area (Å²) in [5.41, 5.74) is 0. The van der Waals surface area contributed by atoms with Crippen LogP contribution in [0.4, 0.5) is 4.79 Å². The number of hydrogen-bond acceptors (Lipinski definition) is 4. The molecule has 0 saturated carbocycles. The number of urea groups is 1. The van der Waals surface area contributed by atoms with E-state index in [2.05, 4.69) is 24.1 Å². The van der Waals surface area contributed by atoms with Crippen LogP contribution in [0.5, 0.6) is 0 Å². The number of ether oxygens (including phenoxy) is 1. The van der Waals surface area contributed by atoms with Crippen LogP contribution < -0.4 is 5.32 Å². The van der Waals surface area contributed by atoms with E-state index in [1.165, 1.54) is 0 Å². The summed E-state index contributed by atoms with van der Waals surface area (Å²) in [6.07, 6.45) is 4.31. The van der Waals surface area contributed by atoms with Crippen molar-refractivity contribution in [2.75, 3.05) is 26.2 Å². The van der Waals surface area contributed by atoms with E-state index < -0.39 is 0 Å². The standard InChI is InChI=1S/C17H27N3O3/c1-13-10-19(11-14(2)23-13)12-15-5-3-7-20(15)17(21)18-9-16-6-4-8-22-16/h4,6,8,13-15H,3,5,7,9-12H2,1-2H3,(H,18,21)/t13-,14+,15-/m1/s1. The Hall–Kier alpha value is -1.53. The maximum Gasteiger partial charge on any atom is 0.318 e. The van der Waals surface area contributed by atoms with Crippen molar-refractivity contribution < 1.29 is 13.9 Å². The Bertz CT molecular complexity index is 495. The van der Waals surface area contributed by atoms with Crippen LogP contribution in [0.3, 0.4) is 0 Å². The van der Waals surface area contributed by atoms with Gasteiger partial charge in [0.1, 0.15) is 5.76 Å². The van der Waals surface area contributed by atoms with E-state index in [4.69, 9.17) is 9.15 Å². The summed E-state index contributed by atoms with van der Waals surface area (Å²) in [4.78, 5) is 16.9. The minimum absolute atomic E-state index is 0.0123. The van der Waals surface area contributed by atoms with E-state index in [-0.39, 0.29) is 18.2 Å². The summed E-state index contributed by atoms with van der Waals surface area (Å²) >= 11 is 0. The molecule has 23 heavy (non-hydrogen) atoms. The molecule has 2 fully saturated rings. The van der Waals surface area contributed by atoms with E-state index in [0.29, 0.717) is 12.6 Å². The summed E-state index contributed by atoms with van der Waals surface area (Å²) in [5.74, 6) is 0.782. The maximum atomic E-state index is 12.5. The van der Waals surface area contributed by atoms with Crippen molar-refractivity contribution in [2.45, 2.75) is 51.5 Å². The van der Waals surface area contributed by atoms with E-state index >= 15 is 0 Å². The Morgan fingerprint density at radius 3 is 2.83 bits per heavy atom. The van der Waals surface area contributed by atoms with Crippen molar-refractivity contribution in [2.24, 2.45) is 0 Å². The molecular weight excluding hydrogens is 294 g/mol. The normalized spacial score (nSPS) is 29.0. The highest BCUT2D eigenvalue weighted by molar-refractivity contribution is 5.74. The second kappa shape index (κ2) is 7.36. The Morgan fingerprint density at radius 1 is 1.35 bits per heavy atom. The number of amides is 2. The molecule has 6 nitrogen and oxygen atoms in total. The second-order valence-electron chi connectivity index (χ2n) is 6.70. The highest BCUT2D eigenvalue weighted by Gasteiger charge is 2.32. The molecule has 6 heteroatoms. The van der Waals surface area contributed by atoms with Gasteiger partial charge in [0.15, 0.2) is 0 Å². The van der Waals surface area contributed by atoms with Crippen LogP contribution in [0.15, 0.2) is 22.8 Å². The Kier molecular flexibility index (Phi) is 5.23. The van der Waals surface area contributed by atoms with Gasteiger partial charge in [-0.15, -0.1) is 0 Å². The second-order valence-corrected chi connectivity index (χ2v) is 6.70. The molecule has 2 saturated heterocycles. The van der Waals surface area contributed by atoms with Crippen molar-refractivity contribution in [1.82, 2.24) is 15.1 Å². The van der Waals surface area contributed by atoms with Gasteiger partial charge in [-0.3, -0.25) is 4.90 Å². The van der Waals surface area contributed by atoms with Crippen LogP contribution in [-0.4, -0.2) is 60.3 Å². The molecule has 3 heterocycles. The number of nitrogens with one attached hydrogen (secondary N) is 1. The zero-order valence-electron chi connectivity index (χ0n) is 14.0. The SMILES string of the molecule is C[C@@H]1CN(C[C@H]2CCCN2C(=O)NCc2ccco2)C[C@H](C)O1. The van der Waals surface area contributed by atoms with E-state index in [1.807, 2.05) is 17.0 Å². The molecule has 0 aromatic carbocycles. The molecule has 1 aromatic rings. The fourth-order valence-corrected chi connectivity index (χ4v) is 3.70. The zero-order valence-corrected chi connectivity index (χ0v) is 14.0. The lowest BCUT2D eigenvalue weighted by Gasteiger charge is -2.38. The van der Waals surface area contributed by atoms with Gasteiger partial charge in [-0.2, -0.15) is 0 Å². The molecule has 0 spiro atoms. The smallest absolute Gasteiger partial charge is 0.318 e. The summed E-state index contributed by atoms with van der Waals surface area (Å²) in [7, 11) is 0. The summed E-state index contributed by atoms with van der Waals surface area (Å²) in [5, 5.41) is 2.96. The summed E-state index contributed by atoms with van der Waals surface area (Å²) < 4.78 is 11.1. The first-order chi connectivity index (χ1) is 11.1. The lowest BCUT2D eigenvalue weighted by molar-refractivity contribution is -0.0713. The van der Waals surface area contributed by atoms with Crippen molar-refractivity contribution in [3.05, 3.63) is 24.2 Å². The highest BCUT2D eigenvalue weighted by Crippen LogP contribution is 2.20. The lowest BCUT2D eigenvalue weighted by atomic mass is 10.1. The third-order valence-corrected chi connectivity index (χ3v) is 4.60. The summed E-state index contributed by atoms with van der Waals surface area (Å²) in [6.45, 7) is 8.35. The zero-order chi connectivity index (χ0) is 16.2. The number of carbonyl (C=O) groups excluding carboxylic acids is 1. The number of nitrogens with zero attached hydrogens (tertiary/aromatic N) is 2. The molecule has 0 aliphatic carbocycles. The third-order valence-electron chi connectivity index (χ3n) is 4.60. The van der Waals surface area contributed by atoms with Gasteiger partial charge < -0.3 is 19.4 Å². The average Bonchev–Trinajstić information content (AvgIpc) is 3.15. The minimum Gasteiger partial charge on any atom is -0.467 e. The molecule has 2 amide bonds. The van der Waals surface area contributed by atoms with Gasteiger partial charge in [0.05, 0.1) is 25.0 Å². The van der Waals surface area contributed by atoms with Crippen LogP contribution in [0.1, 0.15) is 32.4 Å². The van der Waals surface area contributed by atoms with Crippen LogP contribution in [0, 0.1) is 0 Å².